The van der Waals surface area contributed by atoms with Gasteiger partial charge in [-0.3, -0.25) is 4.79 Å². The molecule has 2 aromatic carbocycles. The van der Waals surface area contributed by atoms with Crippen LogP contribution < -0.4 is 10.2 Å². The molecule has 124 valence electrons. The number of halogens is 1. The molecule has 2 rings (SSSR count). The monoisotopic (exact) mass is 386 g/mol. The molecule has 0 bridgehead atoms. The summed E-state index contributed by atoms with van der Waals surface area (Å²) in [5, 5.41) is 3.90. The molecule has 0 atom stereocenters. The molecule has 0 heterocycles. The fourth-order valence-electron chi connectivity index (χ4n) is 2.11. The first kappa shape index (κ1) is 17.9. The van der Waals surface area contributed by atoms with Crippen molar-refractivity contribution in [2.75, 3.05) is 6.61 Å². The predicted octanol–water partition coefficient (Wildman–Crippen LogP) is 4.22. The maximum Gasteiger partial charge on any atom is 0.277 e. The van der Waals surface area contributed by atoms with E-state index in [9.17, 15) is 4.79 Å². The number of ether oxygens (including phenoxy) is 1. The van der Waals surface area contributed by atoms with Crippen molar-refractivity contribution in [3.8, 4) is 5.75 Å². The smallest absolute Gasteiger partial charge is 0.277 e. The Hall–Kier alpha value is -2.40. The van der Waals surface area contributed by atoms with E-state index >= 15 is 0 Å². The van der Waals surface area contributed by atoms with Gasteiger partial charge in [-0.2, -0.15) is 5.10 Å². The van der Waals surface area contributed by atoms with Gasteiger partial charge in [-0.25, -0.2) is 5.43 Å². The molecule has 0 radical (unpaired) electrons. The van der Waals surface area contributed by atoms with Gasteiger partial charge in [0.15, 0.2) is 6.61 Å². The lowest BCUT2D eigenvalue weighted by atomic mass is 10.1. The molecule has 2 aromatic rings. The Morgan fingerprint density at radius 2 is 1.79 bits per heavy atom. The van der Waals surface area contributed by atoms with Gasteiger partial charge in [0.05, 0.1) is 6.21 Å². The zero-order chi connectivity index (χ0) is 17.4. The van der Waals surface area contributed by atoms with E-state index in [1.54, 1.807) is 0 Å². The SMILES string of the molecule is Cc1cccc(C)c1OCC(=O)N/N=C\C(Br)=C\c1ccccc1. The third-order valence-electron chi connectivity index (χ3n) is 3.24. The molecule has 24 heavy (non-hydrogen) atoms. The molecule has 1 amide bonds. The van der Waals surface area contributed by atoms with Gasteiger partial charge in [0.25, 0.3) is 5.91 Å². The van der Waals surface area contributed by atoms with Crippen LogP contribution in [-0.4, -0.2) is 18.7 Å². The first-order valence-electron chi connectivity index (χ1n) is 7.49. The summed E-state index contributed by atoms with van der Waals surface area (Å²) in [7, 11) is 0. The Labute approximate surface area is 150 Å². The highest BCUT2D eigenvalue weighted by Gasteiger charge is 2.06. The Morgan fingerprint density at radius 3 is 2.46 bits per heavy atom. The van der Waals surface area contributed by atoms with Crippen LogP contribution in [0.15, 0.2) is 58.1 Å². The molecular weight excluding hydrogens is 368 g/mol. The lowest BCUT2D eigenvalue weighted by Gasteiger charge is -2.10. The number of carbonyl (C=O) groups excluding carboxylic acids is 1. The largest absolute Gasteiger partial charge is 0.483 e. The standard InChI is InChI=1S/C19H19BrN2O2/c1-14-7-6-8-15(2)19(14)24-13-18(23)22-21-12-17(20)11-16-9-4-3-5-10-16/h3-12H,13H2,1-2H3,(H,22,23)/b17-11-,21-12-. The number of nitrogens with zero attached hydrogens (tertiary/aromatic N) is 1. The zero-order valence-electron chi connectivity index (χ0n) is 13.6. The van der Waals surface area contributed by atoms with E-state index in [0.29, 0.717) is 0 Å². The number of amides is 1. The van der Waals surface area contributed by atoms with E-state index in [4.69, 9.17) is 4.74 Å². The summed E-state index contributed by atoms with van der Waals surface area (Å²) in [5.41, 5.74) is 5.49. The van der Waals surface area contributed by atoms with E-state index in [-0.39, 0.29) is 12.5 Å². The first-order valence-corrected chi connectivity index (χ1v) is 8.28. The molecule has 0 saturated heterocycles. The fraction of sp³-hybridized carbons (Fsp3) is 0.158. The van der Waals surface area contributed by atoms with E-state index < -0.39 is 0 Å². The van der Waals surface area contributed by atoms with Crippen molar-refractivity contribution < 1.29 is 9.53 Å². The van der Waals surface area contributed by atoms with Crippen molar-refractivity contribution in [1.82, 2.24) is 5.43 Å². The highest BCUT2D eigenvalue weighted by Crippen LogP contribution is 2.21. The normalized spacial score (nSPS) is 11.5. The maximum absolute atomic E-state index is 11.8. The summed E-state index contributed by atoms with van der Waals surface area (Å²) < 4.78 is 6.32. The summed E-state index contributed by atoms with van der Waals surface area (Å²) in [6.07, 6.45) is 3.44. The van der Waals surface area contributed by atoms with Gasteiger partial charge in [0.2, 0.25) is 0 Å². The molecule has 0 saturated carbocycles. The van der Waals surface area contributed by atoms with Crippen molar-refractivity contribution in [3.05, 3.63) is 69.7 Å². The minimum Gasteiger partial charge on any atom is -0.483 e. The molecule has 0 aliphatic heterocycles. The van der Waals surface area contributed by atoms with Crippen LogP contribution in [0.1, 0.15) is 16.7 Å². The number of allylic oxidation sites excluding steroid dienone is 1. The van der Waals surface area contributed by atoms with Crippen LogP contribution in [0.2, 0.25) is 0 Å². The van der Waals surface area contributed by atoms with E-state index in [2.05, 4.69) is 26.5 Å². The van der Waals surface area contributed by atoms with Gasteiger partial charge in [-0.1, -0.05) is 48.5 Å². The number of nitrogens with one attached hydrogen (secondary N) is 1. The lowest BCUT2D eigenvalue weighted by molar-refractivity contribution is -0.123. The van der Waals surface area contributed by atoms with E-state index in [0.717, 1.165) is 26.9 Å². The fourth-order valence-corrected chi connectivity index (χ4v) is 2.48. The molecular formula is C19H19BrN2O2. The van der Waals surface area contributed by atoms with Crippen molar-refractivity contribution >= 4 is 34.1 Å². The molecule has 0 aromatic heterocycles. The third kappa shape index (κ3) is 5.66. The van der Waals surface area contributed by atoms with Gasteiger partial charge < -0.3 is 4.74 Å². The number of hydrogen-bond acceptors (Lipinski definition) is 3. The summed E-state index contributed by atoms with van der Waals surface area (Å²) in [6, 6.07) is 15.7. The molecule has 0 spiro atoms. The van der Waals surface area contributed by atoms with Crippen molar-refractivity contribution in [2.45, 2.75) is 13.8 Å². The number of para-hydroxylation sites is 1. The van der Waals surface area contributed by atoms with Gasteiger partial charge >= 0.3 is 0 Å². The molecule has 5 heteroatoms. The Kier molecular flexibility index (Phi) is 6.75. The highest BCUT2D eigenvalue weighted by molar-refractivity contribution is 9.12. The van der Waals surface area contributed by atoms with Crippen molar-refractivity contribution in [3.63, 3.8) is 0 Å². The zero-order valence-corrected chi connectivity index (χ0v) is 15.2. The number of aryl methyl sites for hydroxylation is 2. The van der Waals surface area contributed by atoms with Crippen LogP contribution >= 0.6 is 15.9 Å². The predicted molar refractivity (Wildman–Crippen MR) is 101 cm³/mol. The minimum atomic E-state index is -0.311. The molecule has 0 aliphatic rings. The Morgan fingerprint density at radius 1 is 1.12 bits per heavy atom. The molecule has 4 nitrogen and oxygen atoms in total. The summed E-state index contributed by atoms with van der Waals surface area (Å²) in [6.45, 7) is 3.82. The van der Waals surface area contributed by atoms with Crippen LogP contribution in [0.25, 0.3) is 6.08 Å². The average molecular weight is 387 g/mol. The second-order valence-corrected chi connectivity index (χ2v) is 6.16. The number of hydrogen-bond donors (Lipinski definition) is 1. The molecule has 1 N–H and O–H groups in total. The quantitative estimate of drug-likeness (QED) is 0.596. The topological polar surface area (TPSA) is 50.7 Å². The first-order chi connectivity index (χ1) is 11.6. The molecule has 0 fully saturated rings. The van der Waals surface area contributed by atoms with Crippen molar-refractivity contribution in [1.29, 1.82) is 0 Å². The van der Waals surface area contributed by atoms with E-state index in [1.165, 1.54) is 6.21 Å². The third-order valence-corrected chi connectivity index (χ3v) is 3.67. The van der Waals surface area contributed by atoms with Crippen LogP contribution in [0, 0.1) is 13.8 Å². The second kappa shape index (κ2) is 9.03. The van der Waals surface area contributed by atoms with Gasteiger partial charge in [0, 0.05) is 4.48 Å². The second-order valence-electron chi connectivity index (χ2n) is 5.24. The van der Waals surface area contributed by atoms with Gasteiger partial charge in [-0.05, 0) is 52.5 Å². The molecule has 0 unspecified atom stereocenters. The van der Waals surface area contributed by atoms with Crippen LogP contribution in [-0.2, 0) is 4.79 Å². The van der Waals surface area contributed by atoms with Crippen LogP contribution in [0.5, 0.6) is 5.75 Å². The van der Waals surface area contributed by atoms with Gasteiger partial charge in [0.1, 0.15) is 5.75 Å². The number of benzene rings is 2. The maximum atomic E-state index is 11.8. The van der Waals surface area contributed by atoms with Crippen molar-refractivity contribution in [2.24, 2.45) is 5.10 Å². The average Bonchev–Trinajstić information content (AvgIpc) is 2.55. The van der Waals surface area contributed by atoms with Crippen LogP contribution in [0.3, 0.4) is 0 Å². The lowest BCUT2D eigenvalue weighted by Crippen LogP contribution is -2.24. The number of rotatable bonds is 6. The van der Waals surface area contributed by atoms with E-state index in [1.807, 2.05) is 68.5 Å². The number of hydrazone groups is 1. The van der Waals surface area contributed by atoms with Crippen LogP contribution in [0.4, 0.5) is 0 Å². The molecule has 0 aliphatic carbocycles. The summed E-state index contributed by atoms with van der Waals surface area (Å²) >= 11 is 3.39. The Bertz CT molecular complexity index is 735. The number of carbonyl (C=O) groups is 1. The van der Waals surface area contributed by atoms with Gasteiger partial charge in [-0.15, -0.1) is 0 Å². The minimum absolute atomic E-state index is 0.0803. The summed E-state index contributed by atoms with van der Waals surface area (Å²) in [4.78, 5) is 11.8. The highest BCUT2D eigenvalue weighted by atomic mass is 79.9. The Balaban J connectivity index is 1.84. The summed E-state index contributed by atoms with van der Waals surface area (Å²) in [5.74, 6) is 0.427.